The predicted molar refractivity (Wildman–Crippen MR) is 83.9 cm³/mol. The molecule has 0 amide bonds. The minimum absolute atomic E-state index is 0.107. The first-order valence-corrected chi connectivity index (χ1v) is 8.91. The summed E-state index contributed by atoms with van der Waals surface area (Å²) in [5.74, 6) is 2.31. The zero-order valence-corrected chi connectivity index (χ0v) is 13.6. The number of nitrogens with zero attached hydrogens (tertiary/aromatic N) is 4. The van der Waals surface area contributed by atoms with Crippen LogP contribution >= 0.6 is 11.3 Å². The molecule has 1 aliphatic carbocycles. The predicted octanol–water partition coefficient (Wildman–Crippen LogP) is 2.73. The van der Waals surface area contributed by atoms with Gasteiger partial charge in [-0.2, -0.15) is 9.61 Å². The zero-order chi connectivity index (χ0) is 14.4. The van der Waals surface area contributed by atoms with Crippen molar-refractivity contribution in [3.8, 4) is 0 Å². The maximum absolute atomic E-state index is 4.90. The van der Waals surface area contributed by atoms with Gasteiger partial charge in [0.15, 0.2) is 5.82 Å². The molecule has 21 heavy (non-hydrogen) atoms. The summed E-state index contributed by atoms with van der Waals surface area (Å²) in [5, 5.41) is 18.4. The monoisotopic (exact) mass is 305 g/mol. The van der Waals surface area contributed by atoms with Gasteiger partial charge >= 0.3 is 0 Å². The van der Waals surface area contributed by atoms with Gasteiger partial charge in [0.25, 0.3) is 0 Å². The highest BCUT2D eigenvalue weighted by molar-refractivity contribution is 7.16. The third-order valence-corrected chi connectivity index (χ3v) is 6.59. The second-order valence-electron chi connectivity index (χ2n) is 7.05. The number of nitrogens with one attached hydrogen (secondary N) is 1. The number of piperidine rings is 1. The van der Waals surface area contributed by atoms with Crippen molar-refractivity contribution in [2.24, 2.45) is 5.92 Å². The van der Waals surface area contributed by atoms with Crippen LogP contribution in [0.3, 0.4) is 0 Å². The molecule has 0 aromatic carbocycles. The fraction of sp³-hybridized carbons (Fsp3) is 0.800. The number of aromatic nitrogens is 4. The van der Waals surface area contributed by atoms with E-state index in [2.05, 4.69) is 29.4 Å². The summed E-state index contributed by atoms with van der Waals surface area (Å²) in [6.45, 7) is 6.92. The molecule has 0 spiro atoms. The highest BCUT2D eigenvalue weighted by Crippen LogP contribution is 2.39. The molecule has 2 fully saturated rings. The largest absolute Gasteiger partial charge is 0.316 e. The summed E-state index contributed by atoms with van der Waals surface area (Å²) in [5.41, 5.74) is 0.107. The standard InChI is InChI=1S/C15H23N5S/c1-15(2,11-7-4-8-16-9-11)13-19-20-12(10-5-3-6-10)17-18-14(20)21-13/h10-11,16H,3-9H2,1-2H3. The SMILES string of the molecule is CC(C)(c1nn2c(C3CCC3)nnc2s1)C1CCCNC1. The van der Waals surface area contributed by atoms with E-state index in [1.54, 1.807) is 11.3 Å². The highest BCUT2D eigenvalue weighted by atomic mass is 32.1. The Morgan fingerprint density at radius 3 is 2.71 bits per heavy atom. The first-order valence-electron chi connectivity index (χ1n) is 8.09. The van der Waals surface area contributed by atoms with Crippen LogP contribution in [0.15, 0.2) is 0 Å². The second-order valence-corrected chi connectivity index (χ2v) is 8.01. The lowest BCUT2D eigenvalue weighted by molar-refractivity contribution is 0.249. The van der Waals surface area contributed by atoms with Gasteiger partial charge in [-0.3, -0.25) is 0 Å². The van der Waals surface area contributed by atoms with Crippen molar-refractivity contribution in [3.05, 3.63) is 10.8 Å². The summed E-state index contributed by atoms with van der Waals surface area (Å²) in [6.07, 6.45) is 6.35. The average Bonchev–Trinajstić information content (AvgIpc) is 3.00. The maximum Gasteiger partial charge on any atom is 0.234 e. The molecule has 2 aromatic heterocycles. The summed E-state index contributed by atoms with van der Waals surface area (Å²) in [4.78, 5) is 0.962. The van der Waals surface area contributed by atoms with Crippen molar-refractivity contribution in [2.45, 2.75) is 57.3 Å². The zero-order valence-electron chi connectivity index (χ0n) is 12.8. The molecule has 1 N–H and O–H groups in total. The molecule has 0 radical (unpaired) electrons. The molecule has 1 saturated carbocycles. The van der Waals surface area contributed by atoms with Gasteiger partial charge in [-0.1, -0.05) is 31.6 Å². The van der Waals surface area contributed by atoms with Crippen LogP contribution in [-0.2, 0) is 5.41 Å². The lowest BCUT2D eigenvalue weighted by Gasteiger charge is -2.35. The number of hydrogen-bond donors (Lipinski definition) is 1. The van der Waals surface area contributed by atoms with Crippen molar-refractivity contribution in [1.82, 2.24) is 25.1 Å². The fourth-order valence-corrected chi connectivity index (χ4v) is 4.48. The number of hydrogen-bond acceptors (Lipinski definition) is 5. The number of rotatable bonds is 3. The fourth-order valence-electron chi connectivity index (χ4n) is 3.46. The summed E-state index contributed by atoms with van der Waals surface area (Å²) in [7, 11) is 0. The Balaban J connectivity index is 1.67. The van der Waals surface area contributed by atoms with Crippen LogP contribution in [0, 0.1) is 5.92 Å². The summed E-state index contributed by atoms with van der Waals surface area (Å²) < 4.78 is 2.02. The molecule has 1 aliphatic heterocycles. The third-order valence-electron chi connectivity index (χ3n) is 5.35. The van der Waals surface area contributed by atoms with Crippen molar-refractivity contribution >= 4 is 16.3 Å². The Morgan fingerprint density at radius 1 is 1.19 bits per heavy atom. The Morgan fingerprint density at radius 2 is 2.05 bits per heavy atom. The molecule has 4 rings (SSSR count). The lowest BCUT2D eigenvalue weighted by atomic mass is 9.75. The van der Waals surface area contributed by atoms with E-state index in [-0.39, 0.29) is 5.41 Å². The Labute approximate surface area is 129 Å². The molecule has 6 heteroatoms. The first kappa shape index (κ1) is 13.6. The first-order chi connectivity index (χ1) is 10.2. The third kappa shape index (κ3) is 2.19. The second kappa shape index (κ2) is 5.02. The molecular formula is C15H23N5S. The Kier molecular flexibility index (Phi) is 3.26. The van der Waals surface area contributed by atoms with E-state index < -0.39 is 0 Å². The minimum Gasteiger partial charge on any atom is -0.316 e. The Hall–Kier alpha value is -1.01. The van der Waals surface area contributed by atoms with Crippen molar-refractivity contribution < 1.29 is 0 Å². The average molecular weight is 305 g/mol. The lowest BCUT2D eigenvalue weighted by Crippen LogP contribution is -2.40. The molecule has 1 saturated heterocycles. The molecule has 1 unspecified atom stereocenters. The molecule has 1 atom stereocenters. The summed E-state index contributed by atoms with van der Waals surface area (Å²) >= 11 is 1.72. The van der Waals surface area contributed by atoms with Gasteiger partial charge < -0.3 is 5.32 Å². The van der Waals surface area contributed by atoms with E-state index in [1.165, 1.54) is 37.1 Å². The van der Waals surface area contributed by atoms with Crippen LogP contribution in [0.1, 0.15) is 62.7 Å². The van der Waals surface area contributed by atoms with Gasteiger partial charge in [0.2, 0.25) is 4.96 Å². The number of fused-ring (bicyclic) bond motifs is 1. The topological polar surface area (TPSA) is 55.1 Å². The van der Waals surface area contributed by atoms with E-state index >= 15 is 0 Å². The molecule has 2 aliphatic rings. The molecule has 0 bridgehead atoms. The Bertz CT molecular complexity index is 634. The van der Waals surface area contributed by atoms with Crippen LogP contribution < -0.4 is 5.32 Å². The normalized spacial score (nSPS) is 24.4. The smallest absolute Gasteiger partial charge is 0.234 e. The van der Waals surface area contributed by atoms with E-state index in [0.29, 0.717) is 11.8 Å². The van der Waals surface area contributed by atoms with Gasteiger partial charge in [-0.25, -0.2) is 0 Å². The van der Waals surface area contributed by atoms with E-state index in [4.69, 9.17) is 5.10 Å². The summed E-state index contributed by atoms with van der Waals surface area (Å²) in [6, 6.07) is 0. The van der Waals surface area contributed by atoms with Gasteiger partial charge in [-0.15, -0.1) is 10.2 Å². The van der Waals surface area contributed by atoms with Crippen LogP contribution in [-0.4, -0.2) is 32.9 Å². The molecule has 114 valence electrons. The van der Waals surface area contributed by atoms with Gasteiger partial charge in [0, 0.05) is 11.3 Å². The van der Waals surface area contributed by atoms with Gasteiger partial charge in [0.1, 0.15) is 5.01 Å². The molecular weight excluding hydrogens is 282 g/mol. The van der Waals surface area contributed by atoms with Crippen LogP contribution in [0.5, 0.6) is 0 Å². The quantitative estimate of drug-likeness (QED) is 0.947. The van der Waals surface area contributed by atoms with Crippen molar-refractivity contribution in [3.63, 3.8) is 0 Å². The van der Waals surface area contributed by atoms with E-state index in [1.807, 2.05) is 4.52 Å². The van der Waals surface area contributed by atoms with Crippen LogP contribution in [0.4, 0.5) is 0 Å². The van der Waals surface area contributed by atoms with Crippen LogP contribution in [0.2, 0.25) is 0 Å². The van der Waals surface area contributed by atoms with Crippen LogP contribution in [0.25, 0.3) is 4.96 Å². The maximum atomic E-state index is 4.90. The molecule has 3 heterocycles. The minimum atomic E-state index is 0.107. The van der Waals surface area contributed by atoms with E-state index in [9.17, 15) is 0 Å². The van der Waals surface area contributed by atoms with E-state index in [0.717, 1.165) is 23.9 Å². The van der Waals surface area contributed by atoms with Crippen molar-refractivity contribution in [1.29, 1.82) is 0 Å². The molecule has 5 nitrogen and oxygen atoms in total. The molecule has 2 aromatic rings. The van der Waals surface area contributed by atoms with Gasteiger partial charge in [-0.05, 0) is 44.7 Å². The highest BCUT2D eigenvalue weighted by Gasteiger charge is 2.36. The van der Waals surface area contributed by atoms with Gasteiger partial charge in [0.05, 0.1) is 0 Å². The van der Waals surface area contributed by atoms with Crippen molar-refractivity contribution in [2.75, 3.05) is 13.1 Å².